The molecule has 1 amide bonds. The van der Waals surface area contributed by atoms with E-state index in [1.165, 1.54) is 24.3 Å². The van der Waals surface area contributed by atoms with Crippen molar-refractivity contribution >= 4 is 34.6 Å². The molecule has 7 nitrogen and oxygen atoms in total. The first-order valence-corrected chi connectivity index (χ1v) is 6.78. The third-order valence-electron chi connectivity index (χ3n) is 2.82. The Labute approximate surface area is 136 Å². The molecule has 0 saturated heterocycles. The van der Waals surface area contributed by atoms with Crippen molar-refractivity contribution in [2.45, 2.75) is 0 Å². The summed E-state index contributed by atoms with van der Waals surface area (Å²) in [7, 11) is 0. The van der Waals surface area contributed by atoms with Crippen molar-refractivity contribution < 1.29 is 9.72 Å². The van der Waals surface area contributed by atoms with Crippen molar-refractivity contribution in [2.75, 3.05) is 5.32 Å². The van der Waals surface area contributed by atoms with Crippen molar-refractivity contribution in [1.82, 2.24) is 5.32 Å². The zero-order valence-corrected chi connectivity index (χ0v) is 12.5. The first-order chi connectivity index (χ1) is 11.0. The van der Waals surface area contributed by atoms with E-state index in [9.17, 15) is 14.9 Å². The molecular weight excluding hydrogens is 316 g/mol. The standard InChI is InChI=1S/C15H10N4O3S/c16-9-10-4-3-5-11(8-10)17-15(23)18-14(20)12-6-1-2-7-13(12)19(21)22/h1-8H,(H2,17,18,20,23). The molecule has 0 heterocycles. The van der Waals surface area contributed by atoms with Crippen molar-refractivity contribution in [2.24, 2.45) is 0 Å². The zero-order chi connectivity index (χ0) is 16.8. The fraction of sp³-hybridized carbons (Fsp3) is 0. The van der Waals surface area contributed by atoms with E-state index in [1.54, 1.807) is 24.3 Å². The molecule has 0 saturated carbocycles. The number of nitro groups is 1. The first-order valence-electron chi connectivity index (χ1n) is 6.37. The number of nitrogens with zero attached hydrogens (tertiary/aromatic N) is 2. The molecule has 0 unspecified atom stereocenters. The molecule has 2 aromatic carbocycles. The average Bonchev–Trinajstić information content (AvgIpc) is 2.54. The molecule has 2 N–H and O–H groups in total. The molecule has 23 heavy (non-hydrogen) atoms. The number of carbonyl (C=O) groups excluding carboxylic acids is 1. The highest BCUT2D eigenvalue weighted by atomic mass is 32.1. The van der Waals surface area contributed by atoms with E-state index < -0.39 is 10.8 Å². The maximum Gasteiger partial charge on any atom is 0.282 e. The Bertz CT molecular complexity index is 829. The highest BCUT2D eigenvalue weighted by Crippen LogP contribution is 2.17. The lowest BCUT2D eigenvalue weighted by Gasteiger charge is -2.09. The maximum absolute atomic E-state index is 12.1. The molecule has 0 atom stereocenters. The van der Waals surface area contributed by atoms with Crippen LogP contribution in [0.15, 0.2) is 48.5 Å². The molecule has 0 bridgehead atoms. The van der Waals surface area contributed by atoms with E-state index in [2.05, 4.69) is 10.6 Å². The van der Waals surface area contributed by atoms with Crippen molar-refractivity contribution in [3.05, 3.63) is 69.8 Å². The van der Waals surface area contributed by atoms with Gasteiger partial charge >= 0.3 is 0 Å². The minimum absolute atomic E-state index is 0.0248. The number of nitro benzene ring substituents is 1. The van der Waals surface area contributed by atoms with Gasteiger partial charge in [0.2, 0.25) is 0 Å². The van der Waals surface area contributed by atoms with Gasteiger partial charge in [-0.25, -0.2) is 0 Å². The summed E-state index contributed by atoms with van der Waals surface area (Å²) in [5.74, 6) is -0.689. The second kappa shape index (κ2) is 7.11. The predicted molar refractivity (Wildman–Crippen MR) is 87.9 cm³/mol. The second-order valence-corrected chi connectivity index (χ2v) is 4.78. The number of carbonyl (C=O) groups is 1. The normalized spacial score (nSPS) is 9.52. The smallest absolute Gasteiger partial charge is 0.282 e. The van der Waals surface area contributed by atoms with Crippen LogP contribution in [-0.2, 0) is 0 Å². The van der Waals surface area contributed by atoms with E-state index in [1.807, 2.05) is 6.07 Å². The maximum atomic E-state index is 12.1. The van der Waals surface area contributed by atoms with Crippen LogP contribution < -0.4 is 10.6 Å². The number of hydrogen-bond donors (Lipinski definition) is 2. The van der Waals surface area contributed by atoms with Crippen LogP contribution in [0.4, 0.5) is 11.4 Å². The van der Waals surface area contributed by atoms with Crippen LogP contribution in [-0.4, -0.2) is 15.9 Å². The molecule has 114 valence electrons. The largest absolute Gasteiger partial charge is 0.332 e. The van der Waals surface area contributed by atoms with E-state index in [0.29, 0.717) is 11.3 Å². The SMILES string of the molecule is N#Cc1cccc(NC(=S)NC(=O)c2ccccc2[N+](=O)[O-])c1. The predicted octanol–water partition coefficient (Wildman–Crippen LogP) is 2.59. The summed E-state index contributed by atoms with van der Waals surface area (Å²) in [4.78, 5) is 22.4. The van der Waals surface area contributed by atoms with Crippen molar-refractivity contribution in [3.63, 3.8) is 0 Å². The van der Waals surface area contributed by atoms with Gasteiger partial charge in [0.25, 0.3) is 11.6 Å². The Morgan fingerprint density at radius 3 is 2.65 bits per heavy atom. The lowest BCUT2D eigenvalue weighted by atomic mass is 10.1. The molecule has 2 aromatic rings. The molecule has 2 rings (SSSR count). The fourth-order valence-electron chi connectivity index (χ4n) is 1.82. The number of benzene rings is 2. The van der Waals surface area contributed by atoms with Crippen LogP contribution in [0.25, 0.3) is 0 Å². The third kappa shape index (κ3) is 4.09. The van der Waals surface area contributed by atoms with Gasteiger partial charge in [-0.2, -0.15) is 5.26 Å². The van der Waals surface area contributed by atoms with Crippen LogP contribution in [0.5, 0.6) is 0 Å². The Morgan fingerprint density at radius 2 is 1.96 bits per heavy atom. The van der Waals surface area contributed by atoms with Gasteiger partial charge in [-0.1, -0.05) is 18.2 Å². The number of nitriles is 1. The summed E-state index contributed by atoms with van der Waals surface area (Å²) in [6.07, 6.45) is 0. The Kier molecular flexibility index (Phi) is 4.96. The lowest BCUT2D eigenvalue weighted by molar-refractivity contribution is -0.385. The minimum atomic E-state index is -0.689. The summed E-state index contributed by atoms with van der Waals surface area (Å²) in [5.41, 5.74) is 0.562. The number of anilines is 1. The third-order valence-corrected chi connectivity index (χ3v) is 3.03. The Hall–Kier alpha value is -3.31. The first kappa shape index (κ1) is 16.1. The van der Waals surface area contributed by atoms with Crippen LogP contribution >= 0.6 is 12.2 Å². The van der Waals surface area contributed by atoms with Gasteiger partial charge in [0.1, 0.15) is 5.56 Å². The van der Waals surface area contributed by atoms with Gasteiger partial charge < -0.3 is 5.32 Å². The number of nitrogens with one attached hydrogen (secondary N) is 2. The molecule has 0 aromatic heterocycles. The second-order valence-electron chi connectivity index (χ2n) is 4.38. The summed E-state index contributed by atoms with van der Waals surface area (Å²) < 4.78 is 0. The quantitative estimate of drug-likeness (QED) is 0.510. The summed E-state index contributed by atoms with van der Waals surface area (Å²) >= 11 is 5.00. The molecule has 8 heteroatoms. The highest BCUT2D eigenvalue weighted by Gasteiger charge is 2.19. The lowest BCUT2D eigenvalue weighted by Crippen LogP contribution is -2.34. The number of hydrogen-bond acceptors (Lipinski definition) is 5. The monoisotopic (exact) mass is 326 g/mol. The van der Waals surface area contributed by atoms with Crippen LogP contribution in [0.3, 0.4) is 0 Å². The van der Waals surface area contributed by atoms with E-state index in [-0.39, 0.29) is 16.4 Å². The summed E-state index contributed by atoms with van der Waals surface area (Å²) in [6.45, 7) is 0. The summed E-state index contributed by atoms with van der Waals surface area (Å²) in [5, 5.41) is 24.8. The van der Waals surface area contributed by atoms with Gasteiger partial charge in [-0.05, 0) is 36.5 Å². The Balaban J connectivity index is 2.10. The highest BCUT2D eigenvalue weighted by molar-refractivity contribution is 7.80. The summed E-state index contributed by atoms with van der Waals surface area (Å²) in [6, 6.07) is 14.1. The number of amides is 1. The zero-order valence-electron chi connectivity index (χ0n) is 11.6. The van der Waals surface area contributed by atoms with Gasteiger partial charge in [-0.15, -0.1) is 0 Å². The fourth-order valence-corrected chi connectivity index (χ4v) is 2.03. The van der Waals surface area contributed by atoms with Crippen molar-refractivity contribution in [1.29, 1.82) is 5.26 Å². The number of para-hydroxylation sites is 1. The molecule has 0 aliphatic carbocycles. The van der Waals surface area contributed by atoms with Crippen LogP contribution in [0.2, 0.25) is 0 Å². The minimum Gasteiger partial charge on any atom is -0.332 e. The number of thiocarbonyl (C=S) groups is 1. The average molecular weight is 326 g/mol. The van der Waals surface area contributed by atoms with Gasteiger partial charge in [0.15, 0.2) is 5.11 Å². The van der Waals surface area contributed by atoms with Crippen molar-refractivity contribution in [3.8, 4) is 6.07 Å². The molecular formula is C15H10N4O3S. The molecule has 0 spiro atoms. The van der Waals surface area contributed by atoms with Crippen LogP contribution in [0.1, 0.15) is 15.9 Å². The molecule has 0 aliphatic heterocycles. The number of rotatable bonds is 3. The topological polar surface area (TPSA) is 108 Å². The van der Waals surface area contributed by atoms with E-state index >= 15 is 0 Å². The van der Waals surface area contributed by atoms with E-state index in [4.69, 9.17) is 17.5 Å². The van der Waals surface area contributed by atoms with E-state index in [0.717, 1.165) is 0 Å². The molecule has 0 aliphatic rings. The Morgan fingerprint density at radius 1 is 1.22 bits per heavy atom. The van der Waals surface area contributed by atoms with Crippen LogP contribution in [0, 0.1) is 21.4 Å². The molecule has 0 fully saturated rings. The van der Waals surface area contributed by atoms with Gasteiger partial charge in [0.05, 0.1) is 16.6 Å². The molecule has 0 radical (unpaired) electrons. The van der Waals surface area contributed by atoms with Gasteiger partial charge in [-0.3, -0.25) is 20.2 Å². The van der Waals surface area contributed by atoms with Gasteiger partial charge in [0, 0.05) is 11.8 Å².